The van der Waals surface area contributed by atoms with Crippen molar-refractivity contribution in [3.8, 4) is 11.8 Å². The Morgan fingerprint density at radius 3 is 2.86 bits per heavy atom. The van der Waals surface area contributed by atoms with E-state index in [0.717, 1.165) is 24.9 Å². The van der Waals surface area contributed by atoms with Crippen LogP contribution < -0.4 is 11.1 Å². The molecule has 2 heteroatoms. The second kappa shape index (κ2) is 3.92. The monoisotopic (exact) mass is 192 g/mol. The number of hydrogen-bond acceptors (Lipinski definition) is 2. The van der Waals surface area contributed by atoms with Crippen LogP contribution in [0.1, 0.15) is 32.6 Å². The van der Waals surface area contributed by atoms with E-state index in [1.54, 1.807) is 0 Å². The molecule has 0 aliphatic heterocycles. The second-order valence-corrected chi connectivity index (χ2v) is 4.72. The number of nitrogens with one attached hydrogen (secondary N) is 1. The zero-order valence-electron chi connectivity index (χ0n) is 8.97. The molecular weight excluding hydrogens is 172 g/mol. The molecule has 2 aliphatic carbocycles. The summed E-state index contributed by atoms with van der Waals surface area (Å²) in [7, 11) is 0. The summed E-state index contributed by atoms with van der Waals surface area (Å²) in [5.74, 6) is 7.75. The Balaban J connectivity index is 1.99. The van der Waals surface area contributed by atoms with Gasteiger partial charge in [0.1, 0.15) is 0 Å². The first-order valence-corrected chi connectivity index (χ1v) is 5.65. The van der Waals surface area contributed by atoms with Gasteiger partial charge in [0.15, 0.2) is 0 Å². The molecule has 0 aromatic heterocycles. The zero-order chi connectivity index (χ0) is 10.0. The summed E-state index contributed by atoms with van der Waals surface area (Å²) in [6, 6.07) is 0. The first kappa shape index (κ1) is 10.0. The molecule has 2 saturated carbocycles. The van der Waals surface area contributed by atoms with Crippen molar-refractivity contribution in [1.29, 1.82) is 0 Å². The van der Waals surface area contributed by atoms with E-state index >= 15 is 0 Å². The highest BCUT2D eigenvalue weighted by Crippen LogP contribution is 2.50. The van der Waals surface area contributed by atoms with Gasteiger partial charge in [0, 0.05) is 12.1 Å². The average molecular weight is 192 g/mol. The molecule has 3 atom stereocenters. The third-order valence-electron chi connectivity index (χ3n) is 4.05. The lowest BCUT2D eigenvalue weighted by atomic mass is 9.81. The molecule has 78 valence electrons. The number of nitrogens with two attached hydrogens (primary N) is 1. The molecule has 0 saturated heterocycles. The van der Waals surface area contributed by atoms with Gasteiger partial charge in [-0.05, 0) is 38.0 Å². The van der Waals surface area contributed by atoms with Crippen molar-refractivity contribution in [2.75, 3.05) is 13.1 Å². The summed E-state index contributed by atoms with van der Waals surface area (Å²) >= 11 is 0. The summed E-state index contributed by atoms with van der Waals surface area (Å²) in [6.07, 6.45) is 5.46. The Bertz CT molecular complexity index is 263. The highest BCUT2D eigenvalue weighted by Gasteiger charge is 2.49. The minimum absolute atomic E-state index is 0.229. The topological polar surface area (TPSA) is 38.0 Å². The van der Waals surface area contributed by atoms with Crippen LogP contribution in [0.3, 0.4) is 0 Å². The third kappa shape index (κ3) is 1.55. The maximum Gasteiger partial charge on any atom is 0.0581 e. The molecule has 0 heterocycles. The Labute approximate surface area is 86.6 Å². The van der Waals surface area contributed by atoms with E-state index in [9.17, 15) is 0 Å². The maximum atomic E-state index is 5.93. The van der Waals surface area contributed by atoms with E-state index in [1.165, 1.54) is 25.7 Å². The number of fused-ring (bicyclic) bond motifs is 2. The molecule has 0 aromatic rings. The predicted octanol–water partition coefficient (Wildman–Crippen LogP) is 1.12. The molecule has 14 heavy (non-hydrogen) atoms. The van der Waals surface area contributed by atoms with Gasteiger partial charge in [-0.15, -0.1) is 5.92 Å². The van der Waals surface area contributed by atoms with Gasteiger partial charge < -0.3 is 5.73 Å². The van der Waals surface area contributed by atoms with E-state index in [2.05, 4.69) is 17.2 Å². The normalized spacial score (nSPS) is 39.6. The number of rotatable bonds is 3. The molecule has 2 aliphatic rings. The van der Waals surface area contributed by atoms with Gasteiger partial charge in [-0.1, -0.05) is 12.3 Å². The molecule has 0 aromatic carbocycles. The van der Waals surface area contributed by atoms with E-state index in [1.807, 2.05) is 6.92 Å². The van der Waals surface area contributed by atoms with Crippen molar-refractivity contribution in [3.63, 3.8) is 0 Å². The fourth-order valence-corrected chi connectivity index (χ4v) is 3.29. The Hall–Kier alpha value is -0.520. The van der Waals surface area contributed by atoms with Crippen LogP contribution in [0.5, 0.6) is 0 Å². The lowest BCUT2D eigenvalue weighted by Gasteiger charge is -2.37. The van der Waals surface area contributed by atoms with Crippen molar-refractivity contribution in [3.05, 3.63) is 0 Å². The number of hydrogen-bond donors (Lipinski definition) is 2. The summed E-state index contributed by atoms with van der Waals surface area (Å²) in [4.78, 5) is 0. The largest absolute Gasteiger partial charge is 0.329 e. The van der Waals surface area contributed by atoms with Gasteiger partial charge >= 0.3 is 0 Å². The highest BCUT2D eigenvalue weighted by molar-refractivity contribution is 5.09. The predicted molar refractivity (Wildman–Crippen MR) is 58.7 cm³/mol. The second-order valence-electron chi connectivity index (χ2n) is 4.72. The molecule has 2 nitrogen and oxygen atoms in total. The lowest BCUT2D eigenvalue weighted by Crippen LogP contribution is -2.55. The third-order valence-corrected chi connectivity index (χ3v) is 4.05. The van der Waals surface area contributed by atoms with E-state index in [-0.39, 0.29) is 5.54 Å². The van der Waals surface area contributed by atoms with Crippen LogP contribution in [0.25, 0.3) is 0 Å². The van der Waals surface area contributed by atoms with Crippen molar-refractivity contribution in [2.45, 2.75) is 38.1 Å². The summed E-state index contributed by atoms with van der Waals surface area (Å²) in [6.45, 7) is 3.47. The molecule has 2 rings (SSSR count). The standard InChI is InChI=1S/C12H20N2/c1-2-3-6-14-12(9-13)8-10-4-5-11(12)7-10/h10-11,14H,4-9,13H2,1H3. The molecule has 3 unspecified atom stereocenters. The van der Waals surface area contributed by atoms with Gasteiger partial charge in [0.25, 0.3) is 0 Å². The van der Waals surface area contributed by atoms with Crippen LogP contribution in [0, 0.1) is 23.7 Å². The molecule has 3 N–H and O–H groups in total. The molecule has 2 fully saturated rings. The zero-order valence-corrected chi connectivity index (χ0v) is 8.97. The Morgan fingerprint density at radius 2 is 2.36 bits per heavy atom. The first-order valence-electron chi connectivity index (χ1n) is 5.65. The van der Waals surface area contributed by atoms with Crippen LogP contribution in [0.2, 0.25) is 0 Å². The van der Waals surface area contributed by atoms with Crippen LogP contribution >= 0.6 is 0 Å². The maximum absolute atomic E-state index is 5.93. The minimum Gasteiger partial charge on any atom is -0.329 e. The van der Waals surface area contributed by atoms with Crippen LogP contribution in [-0.4, -0.2) is 18.6 Å². The Kier molecular flexibility index (Phi) is 2.80. The SMILES string of the molecule is CC#CCNC1(CN)CC2CCC1C2. The smallest absolute Gasteiger partial charge is 0.0581 e. The summed E-state index contributed by atoms with van der Waals surface area (Å²) < 4.78 is 0. The van der Waals surface area contributed by atoms with Crippen molar-refractivity contribution < 1.29 is 0 Å². The Morgan fingerprint density at radius 1 is 1.50 bits per heavy atom. The molecular formula is C12H20N2. The average Bonchev–Trinajstić information content (AvgIpc) is 2.78. The molecule has 2 bridgehead atoms. The fraction of sp³-hybridized carbons (Fsp3) is 0.833. The summed E-state index contributed by atoms with van der Waals surface area (Å²) in [5, 5.41) is 3.58. The van der Waals surface area contributed by atoms with Crippen LogP contribution in [-0.2, 0) is 0 Å². The molecule has 0 radical (unpaired) electrons. The van der Waals surface area contributed by atoms with E-state index < -0.39 is 0 Å². The van der Waals surface area contributed by atoms with Gasteiger partial charge in [-0.25, -0.2) is 0 Å². The van der Waals surface area contributed by atoms with Crippen LogP contribution in [0.4, 0.5) is 0 Å². The van der Waals surface area contributed by atoms with Crippen molar-refractivity contribution in [2.24, 2.45) is 17.6 Å². The molecule has 0 amide bonds. The summed E-state index contributed by atoms with van der Waals surface area (Å²) in [5.41, 5.74) is 6.16. The lowest BCUT2D eigenvalue weighted by molar-refractivity contribution is 0.225. The van der Waals surface area contributed by atoms with Gasteiger partial charge in [0.2, 0.25) is 0 Å². The quantitative estimate of drug-likeness (QED) is 0.658. The van der Waals surface area contributed by atoms with E-state index in [0.29, 0.717) is 0 Å². The van der Waals surface area contributed by atoms with Crippen molar-refractivity contribution in [1.82, 2.24) is 5.32 Å². The van der Waals surface area contributed by atoms with Crippen molar-refractivity contribution >= 4 is 0 Å². The first-order chi connectivity index (χ1) is 6.80. The van der Waals surface area contributed by atoms with Crippen LogP contribution in [0.15, 0.2) is 0 Å². The van der Waals surface area contributed by atoms with E-state index in [4.69, 9.17) is 5.73 Å². The van der Waals surface area contributed by atoms with Gasteiger partial charge in [-0.2, -0.15) is 0 Å². The fourth-order valence-electron chi connectivity index (χ4n) is 3.29. The molecule has 0 spiro atoms. The van der Waals surface area contributed by atoms with Gasteiger partial charge in [0.05, 0.1) is 6.54 Å². The minimum atomic E-state index is 0.229. The van der Waals surface area contributed by atoms with Gasteiger partial charge in [-0.3, -0.25) is 5.32 Å². The highest BCUT2D eigenvalue weighted by atomic mass is 15.0.